The number of carbonyl (C=O) groups excluding carboxylic acids is 1. The lowest BCUT2D eigenvalue weighted by atomic mass is 10.0. The molecule has 1 aromatic carbocycles. The van der Waals surface area contributed by atoms with Crippen molar-refractivity contribution in [2.24, 2.45) is 0 Å². The van der Waals surface area contributed by atoms with Crippen LogP contribution in [0.3, 0.4) is 0 Å². The zero-order valence-corrected chi connectivity index (χ0v) is 14.7. The van der Waals surface area contributed by atoms with E-state index in [1.807, 2.05) is 42.8 Å². The predicted octanol–water partition coefficient (Wildman–Crippen LogP) is 2.38. The van der Waals surface area contributed by atoms with Crippen molar-refractivity contribution in [2.75, 3.05) is 13.6 Å². The Hall–Kier alpha value is -2.51. The average Bonchev–Trinajstić information content (AvgIpc) is 3.30. The smallest absolute Gasteiger partial charge is 0.246 e. The Balaban J connectivity index is 1.47. The number of hydrogen-bond acceptors (Lipinski definition) is 5. The summed E-state index contributed by atoms with van der Waals surface area (Å²) in [4.78, 5) is 26.6. The minimum atomic E-state index is -0.382. The molecule has 0 saturated carbocycles. The number of carbonyl (C=O) groups is 1. The van der Waals surface area contributed by atoms with Gasteiger partial charge in [0.1, 0.15) is 11.0 Å². The molecule has 2 N–H and O–H groups in total. The number of aromatic nitrogens is 3. The number of benzene rings is 1. The third-order valence-corrected chi connectivity index (χ3v) is 5.28. The van der Waals surface area contributed by atoms with Crippen molar-refractivity contribution in [3.05, 3.63) is 59.1 Å². The molecule has 25 heavy (non-hydrogen) atoms. The number of rotatable bonds is 4. The summed E-state index contributed by atoms with van der Waals surface area (Å²) in [7, 11) is 1.81. The first-order chi connectivity index (χ1) is 12.2. The van der Waals surface area contributed by atoms with E-state index < -0.39 is 0 Å². The zero-order valence-electron chi connectivity index (χ0n) is 13.9. The molecule has 0 radical (unpaired) electrons. The lowest BCUT2D eigenvalue weighted by Crippen LogP contribution is -2.42. The number of amides is 1. The van der Waals surface area contributed by atoms with Gasteiger partial charge in [-0.1, -0.05) is 30.3 Å². The van der Waals surface area contributed by atoms with E-state index in [9.17, 15) is 4.79 Å². The number of hydrogen-bond donors (Lipinski definition) is 2. The number of imidazole rings is 1. The summed E-state index contributed by atoms with van der Waals surface area (Å²) in [6.07, 6.45) is 2.53. The molecule has 4 rings (SSSR count). The molecule has 128 valence electrons. The number of H-pyrrole nitrogens is 1. The fourth-order valence-electron chi connectivity index (χ4n) is 3.06. The van der Waals surface area contributed by atoms with Crippen molar-refractivity contribution in [3.63, 3.8) is 0 Å². The van der Waals surface area contributed by atoms with Crippen LogP contribution in [-0.4, -0.2) is 39.4 Å². The van der Waals surface area contributed by atoms with Gasteiger partial charge in [-0.2, -0.15) is 0 Å². The van der Waals surface area contributed by atoms with Crippen molar-refractivity contribution in [1.29, 1.82) is 0 Å². The highest BCUT2D eigenvalue weighted by Gasteiger charge is 2.30. The van der Waals surface area contributed by atoms with Crippen LogP contribution in [0.4, 0.5) is 0 Å². The number of nitrogens with one attached hydrogen (secondary N) is 2. The van der Waals surface area contributed by atoms with Crippen molar-refractivity contribution < 1.29 is 4.79 Å². The number of fused-ring (bicyclic) bond motifs is 1. The Morgan fingerprint density at radius 3 is 3.04 bits per heavy atom. The van der Waals surface area contributed by atoms with Crippen LogP contribution in [-0.2, 0) is 17.8 Å². The Morgan fingerprint density at radius 2 is 2.20 bits per heavy atom. The number of nitrogens with zero attached hydrogens (tertiary/aromatic N) is 3. The van der Waals surface area contributed by atoms with Gasteiger partial charge in [-0.3, -0.25) is 4.79 Å². The molecule has 1 aliphatic heterocycles. The first kappa shape index (κ1) is 16.0. The lowest BCUT2D eigenvalue weighted by molar-refractivity contribution is -0.133. The number of thiazole rings is 1. The Morgan fingerprint density at radius 1 is 1.36 bits per heavy atom. The van der Waals surface area contributed by atoms with Gasteiger partial charge in [0, 0.05) is 36.7 Å². The fraction of sp³-hybridized carbons (Fsp3) is 0.278. The molecule has 0 saturated heterocycles. The van der Waals surface area contributed by atoms with E-state index in [0.29, 0.717) is 6.54 Å². The minimum Gasteiger partial charge on any atom is -0.348 e. The second kappa shape index (κ2) is 6.78. The summed E-state index contributed by atoms with van der Waals surface area (Å²) in [6.45, 7) is 1.26. The maximum Gasteiger partial charge on any atom is 0.246 e. The minimum absolute atomic E-state index is 0.0160. The molecule has 2 aromatic heterocycles. The molecule has 1 aliphatic rings. The molecule has 0 aliphatic carbocycles. The molecule has 1 atom stereocenters. The first-order valence-corrected chi connectivity index (χ1v) is 9.10. The Kier molecular flexibility index (Phi) is 4.33. The van der Waals surface area contributed by atoms with Crippen molar-refractivity contribution in [1.82, 2.24) is 25.2 Å². The van der Waals surface area contributed by atoms with Crippen LogP contribution in [0.2, 0.25) is 0 Å². The van der Waals surface area contributed by atoms with Crippen molar-refractivity contribution >= 4 is 17.2 Å². The quantitative estimate of drug-likeness (QED) is 0.755. The summed E-state index contributed by atoms with van der Waals surface area (Å²) in [5.41, 5.74) is 3.86. The molecule has 0 spiro atoms. The van der Waals surface area contributed by atoms with Crippen LogP contribution < -0.4 is 5.32 Å². The van der Waals surface area contributed by atoms with E-state index >= 15 is 0 Å². The largest absolute Gasteiger partial charge is 0.348 e. The third kappa shape index (κ3) is 3.20. The van der Waals surface area contributed by atoms with E-state index in [-0.39, 0.29) is 11.9 Å². The monoisotopic (exact) mass is 353 g/mol. The average molecular weight is 353 g/mol. The van der Waals surface area contributed by atoms with E-state index in [4.69, 9.17) is 0 Å². The van der Waals surface area contributed by atoms with Gasteiger partial charge in [-0.15, -0.1) is 11.3 Å². The van der Waals surface area contributed by atoms with Crippen LogP contribution in [0.1, 0.15) is 23.1 Å². The third-order valence-electron chi connectivity index (χ3n) is 4.34. The number of aromatic amines is 1. The van der Waals surface area contributed by atoms with Crippen LogP contribution in [0, 0.1) is 0 Å². The van der Waals surface area contributed by atoms with Gasteiger partial charge in [-0.05, 0) is 0 Å². The molecule has 6 nitrogen and oxygen atoms in total. The molecular weight excluding hydrogens is 334 g/mol. The highest BCUT2D eigenvalue weighted by molar-refractivity contribution is 7.13. The molecule has 3 aromatic rings. The van der Waals surface area contributed by atoms with E-state index in [1.54, 1.807) is 22.6 Å². The first-order valence-electron chi connectivity index (χ1n) is 8.22. The summed E-state index contributed by atoms with van der Waals surface area (Å²) in [6, 6.07) is 9.70. The normalized spacial score (nSPS) is 16.4. The van der Waals surface area contributed by atoms with E-state index in [2.05, 4.69) is 20.3 Å². The molecule has 0 fully saturated rings. The highest BCUT2D eigenvalue weighted by Crippen LogP contribution is 2.25. The Bertz CT molecular complexity index is 872. The summed E-state index contributed by atoms with van der Waals surface area (Å²) < 4.78 is 0. The van der Waals surface area contributed by atoms with Gasteiger partial charge in [0.2, 0.25) is 5.91 Å². The predicted molar refractivity (Wildman–Crippen MR) is 97.1 cm³/mol. The summed E-state index contributed by atoms with van der Waals surface area (Å²) >= 11 is 1.60. The molecule has 7 heteroatoms. The lowest BCUT2D eigenvalue weighted by Gasteiger charge is -2.26. The summed E-state index contributed by atoms with van der Waals surface area (Å²) in [5, 5.41) is 6.26. The molecule has 1 amide bonds. The second-order valence-corrected chi connectivity index (χ2v) is 6.97. The van der Waals surface area contributed by atoms with Crippen LogP contribution in [0.25, 0.3) is 10.6 Å². The molecule has 0 bridgehead atoms. The summed E-state index contributed by atoms with van der Waals surface area (Å²) in [5.74, 6) is 0.0160. The van der Waals surface area contributed by atoms with E-state index in [0.717, 1.165) is 40.6 Å². The number of likely N-dealkylation sites (N-methyl/N-ethyl adjacent to an activating group) is 1. The standard InChI is InChI=1S/C18H19N5OS/c1-23(18(24)16-15-14(7-8-19-16)20-11-21-15)9-13-10-25-17(22-13)12-5-3-2-4-6-12/h2-6,10-11,16,19H,7-9H2,1H3,(H,20,21)/t16-/m1/s1. The van der Waals surface area contributed by atoms with Crippen LogP contribution >= 0.6 is 11.3 Å². The van der Waals surface area contributed by atoms with Gasteiger partial charge < -0.3 is 15.2 Å². The fourth-order valence-corrected chi connectivity index (χ4v) is 3.87. The van der Waals surface area contributed by atoms with Crippen molar-refractivity contribution in [2.45, 2.75) is 19.0 Å². The SMILES string of the molecule is CN(Cc1csc(-c2ccccc2)n1)C(=O)[C@@H]1NCCc2[nH]cnc21. The molecule has 0 unspecified atom stereocenters. The zero-order chi connectivity index (χ0) is 17.2. The van der Waals surface area contributed by atoms with Gasteiger partial charge in [0.25, 0.3) is 0 Å². The van der Waals surface area contributed by atoms with Crippen LogP contribution in [0.15, 0.2) is 42.0 Å². The molecule has 3 heterocycles. The van der Waals surface area contributed by atoms with Gasteiger partial charge in [0.05, 0.1) is 24.3 Å². The second-order valence-electron chi connectivity index (χ2n) is 6.11. The highest BCUT2D eigenvalue weighted by atomic mass is 32.1. The van der Waals surface area contributed by atoms with E-state index in [1.165, 1.54) is 0 Å². The molecular formula is C18H19N5OS. The Labute approximate surface area is 149 Å². The van der Waals surface area contributed by atoms with Crippen LogP contribution in [0.5, 0.6) is 0 Å². The maximum absolute atomic E-state index is 12.8. The van der Waals surface area contributed by atoms with Gasteiger partial charge in [-0.25, -0.2) is 9.97 Å². The topological polar surface area (TPSA) is 73.9 Å². The van der Waals surface area contributed by atoms with Gasteiger partial charge >= 0.3 is 0 Å². The maximum atomic E-state index is 12.8. The van der Waals surface area contributed by atoms with Crippen molar-refractivity contribution in [3.8, 4) is 10.6 Å². The van der Waals surface area contributed by atoms with Gasteiger partial charge in [0.15, 0.2) is 0 Å².